The summed E-state index contributed by atoms with van der Waals surface area (Å²) in [6.45, 7) is 15.1. The van der Waals surface area contributed by atoms with Gasteiger partial charge in [0, 0.05) is 25.4 Å². The van der Waals surface area contributed by atoms with Crippen molar-refractivity contribution >= 4 is 11.6 Å². The molecule has 0 bridgehead atoms. The van der Waals surface area contributed by atoms with Crippen LogP contribution in [0, 0.1) is 11.8 Å². The Kier molecular flexibility index (Phi) is 9.44. The second kappa shape index (κ2) is 11.6. The third-order valence-electron chi connectivity index (χ3n) is 5.48. The van der Waals surface area contributed by atoms with E-state index in [-0.39, 0.29) is 5.91 Å². The van der Waals surface area contributed by atoms with Crippen molar-refractivity contribution in [1.82, 2.24) is 4.90 Å². The molecule has 0 spiro atoms. The Balaban J connectivity index is 1.78. The fourth-order valence-corrected chi connectivity index (χ4v) is 4.18. The van der Waals surface area contributed by atoms with E-state index in [0.29, 0.717) is 25.6 Å². The van der Waals surface area contributed by atoms with E-state index in [1.165, 1.54) is 25.9 Å². The van der Waals surface area contributed by atoms with Crippen LogP contribution < -0.4 is 10.1 Å². The number of nitrogens with zero attached hydrogens (tertiary/aromatic N) is 1. The van der Waals surface area contributed by atoms with Crippen molar-refractivity contribution < 1.29 is 14.3 Å². The van der Waals surface area contributed by atoms with E-state index in [2.05, 4.69) is 31.0 Å². The summed E-state index contributed by atoms with van der Waals surface area (Å²) in [5, 5.41) is 2.99. The highest BCUT2D eigenvalue weighted by molar-refractivity contribution is 5.97. The minimum absolute atomic E-state index is 0.0996. The van der Waals surface area contributed by atoms with E-state index in [9.17, 15) is 4.79 Å². The largest absolute Gasteiger partial charge is 0.494 e. The summed E-state index contributed by atoms with van der Waals surface area (Å²) in [6.07, 6.45) is 4.39. The molecule has 164 valence electrons. The molecule has 2 rings (SSSR count). The number of ether oxygens (including phenoxy) is 2. The number of benzene rings is 1. The molecular weight excluding hydrogens is 364 g/mol. The van der Waals surface area contributed by atoms with E-state index in [0.717, 1.165) is 30.3 Å². The number of carbonyl (C=O) groups excluding carboxylic acids is 1. The summed E-state index contributed by atoms with van der Waals surface area (Å²) in [5.74, 6) is 1.93. The van der Waals surface area contributed by atoms with Crippen molar-refractivity contribution in [1.29, 1.82) is 0 Å². The van der Waals surface area contributed by atoms with Gasteiger partial charge in [-0.3, -0.25) is 4.79 Å². The summed E-state index contributed by atoms with van der Waals surface area (Å²) < 4.78 is 11.7. The maximum atomic E-state index is 12.8. The van der Waals surface area contributed by atoms with Crippen LogP contribution >= 0.6 is 0 Å². The highest BCUT2D eigenvalue weighted by Crippen LogP contribution is 2.24. The zero-order chi connectivity index (χ0) is 21.3. The molecular formula is C24H40N2O3. The lowest BCUT2D eigenvalue weighted by Gasteiger charge is -2.30. The predicted molar refractivity (Wildman–Crippen MR) is 120 cm³/mol. The molecule has 29 heavy (non-hydrogen) atoms. The summed E-state index contributed by atoms with van der Waals surface area (Å²) >= 11 is 0. The molecule has 0 aromatic heterocycles. The van der Waals surface area contributed by atoms with Gasteiger partial charge in [-0.15, -0.1) is 0 Å². The number of hydrogen-bond acceptors (Lipinski definition) is 4. The second-order valence-electron chi connectivity index (χ2n) is 8.99. The number of hydrogen-bond donors (Lipinski definition) is 1. The van der Waals surface area contributed by atoms with Crippen LogP contribution in [0.5, 0.6) is 5.75 Å². The molecule has 5 nitrogen and oxygen atoms in total. The Morgan fingerprint density at radius 2 is 2.03 bits per heavy atom. The molecule has 0 unspecified atom stereocenters. The number of likely N-dealkylation sites (tertiary alicyclic amines) is 1. The molecule has 1 aromatic rings. The summed E-state index contributed by atoms with van der Waals surface area (Å²) in [7, 11) is 0. The van der Waals surface area contributed by atoms with Gasteiger partial charge in [0.25, 0.3) is 5.91 Å². The number of rotatable bonds is 11. The van der Waals surface area contributed by atoms with Crippen LogP contribution in [0.1, 0.15) is 60.3 Å². The highest BCUT2D eigenvalue weighted by atomic mass is 16.5. The number of carbonyl (C=O) groups is 1. The van der Waals surface area contributed by atoms with Gasteiger partial charge in [-0.05, 0) is 82.2 Å². The number of nitrogens with one attached hydrogen (secondary N) is 1. The van der Waals surface area contributed by atoms with E-state index in [1.807, 2.05) is 38.1 Å². The topological polar surface area (TPSA) is 50.8 Å². The van der Waals surface area contributed by atoms with Crippen molar-refractivity contribution in [2.75, 3.05) is 38.2 Å². The molecule has 0 aliphatic carbocycles. The van der Waals surface area contributed by atoms with E-state index < -0.39 is 5.60 Å². The molecule has 2 atom stereocenters. The lowest BCUT2D eigenvalue weighted by atomic mass is 9.93. The molecule has 0 saturated carbocycles. The third kappa shape index (κ3) is 7.98. The molecule has 1 aliphatic heterocycles. The van der Waals surface area contributed by atoms with Gasteiger partial charge in [0.1, 0.15) is 11.4 Å². The fourth-order valence-electron chi connectivity index (χ4n) is 4.18. The normalized spacial score (nSPS) is 19.7. The first-order valence-corrected chi connectivity index (χ1v) is 11.2. The molecule has 1 aromatic carbocycles. The lowest BCUT2D eigenvalue weighted by molar-refractivity contribution is -0.140. The molecule has 1 amide bonds. The molecule has 1 saturated heterocycles. The van der Waals surface area contributed by atoms with Crippen LogP contribution in [0.4, 0.5) is 5.69 Å². The van der Waals surface area contributed by atoms with Crippen molar-refractivity contribution in [3.8, 4) is 5.75 Å². The predicted octanol–water partition coefficient (Wildman–Crippen LogP) is 4.97. The van der Waals surface area contributed by atoms with Crippen molar-refractivity contribution in [3.63, 3.8) is 0 Å². The minimum Gasteiger partial charge on any atom is -0.494 e. The second-order valence-corrected chi connectivity index (χ2v) is 8.99. The van der Waals surface area contributed by atoms with Gasteiger partial charge in [-0.25, -0.2) is 0 Å². The number of anilines is 1. The Hall–Kier alpha value is -1.59. The number of amides is 1. The van der Waals surface area contributed by atoms with Gasteiger partial charge in [0.15, 0.2) is 0 Å². The van der Waals surface area contributed by atoms with Gasteiger partial charge in [0.05, 0.1) is 6.61 Å². The first-order chi connectivity index (χ1) is 13.8. The van der Waals surface area contributed by atoms with Crippen LogP contribution in [0.2, 0.25) is 0 Å². The fraction of sp³-hybridized carbons (Fsp3) is 0.708. The average molecular weight is 405 g/mol. The third-order valence-corrected chi connectivity index (χ3v) is 5.48. The van der Waals surface area contributed by atoms with E-state index in [4.69, 9.17) is 9.47 Å². The van der Waals surface area contributed by atoms with Gasteiger partial charge >= 0.3 is 0 Å². The zero-order valence-electron chi connectivity index (χ0n) is 19.0. The first kappa shape index (κ1) is 23.7. The van der Waals surface area contributed by atoms with Crippen LogP contribution in [0.3, 0.4) is 0 Å². The van der Waals surface area contributed by atoms with Gasteiger partial charge in [0.2, 0.25) is 0 Å². The van der Waals surface area contributed by atoms with Crippen LogP contribution in [-0.4, -0.2) is 49.3 Å². The van der Waals surface area contributed by atoms with Gasteiger partial charge in [-0.2, -0.15) is 0 Å². The maximum absolute atomic E-state index is 12.8. The molecule has 0 radical (unpaired) electrons. The summed E-state index contributed by atoms with van der Waals surface area (Å²) in [4.78, 5) is 15.3. The Labute approximate surface area is 177 Å². The standard InChI is InChI=1S/C24H40N2O3/c1-6-29-24(5,17-19(2)3)23(27)25-21-10-12-22(13-11-21)28-16-8-15-26-14-7-9-20(4)18-26/h10-13,19-20H,6-9,14-18H2,1-5H3,(H,25,27)/t20-,24-/m1/s1. The Bertz CT molecular complexity index is 617. The zero-order valence-corrected chi connectivity index (χ0v) is 19.0. The maximum Gasteiger partial charge on any atom is 0.256 e. The molecule has 1 heterocycles. The van der Waals surface area contributed by atoms with E-state index in [1.54, 1.807) is 0 Å². The first-order valence-electron chi connectivity index (χ1n) is 11.2. The Morgan fingerprint density at radius 1 is 1.31 bits per heavy atom. The highest BCUT2D eigenvalue weighted by Gasteiger charge is 2.34. The van der Waals surface area contributed by atoms with Crippen LogP contribution in [0.25, 0.3) is 0 Å². The molecule has 5 heteroatoms. The molecule has 1 aliphatic rings. The molecule has 1 fully saturated rings. The summed E-state index contributed by atoms with van der Waals surface area (Å²) in [6, 6.07) is 7.61. The SMILES string of the molecule is CCO[C@](C)(CC(C)C)C(=O)Nc1ccc(OCCCN2CCC[C@@H](C)C2)cc1. The lowest BCUT2D eigenvalue weighted by Crippen LogP contribution is -2.43. The van der Waals surface area contributed by atoms with Crippen molar-refractivity contribution in [2.24, 2.45) is 11.8 Å². The van der Waals surface area contributed by atoms with E-state index >= 15 is 0 Å². The van der Waals surface area contributed by atoms with Crippen molar-refractivity contribution in [2.45, 2.75) is 65.9 Å². The quantitative estimate of drug-likeness (QED) is 0.529. The van der Waals surface area contributed by atoms with Crippen LogP contribution in [0.15, 0.2) is 24.3 Å². The summed E-state index contributed by atoms with van der Waals surface area (Å²) in [5.41, 5.74) is -0.0522. The average Bonchev–Trinajstić information content (AvgIpc) is 2.66. The minimum atomic E-state index is -0.815. The van der Waals surface area contributed by atoms with Crippen LogP contribution in [-0.2, 0) is 9.53 Å². The molecule has 1 N–H and O–H groups in total. The monoisotopic (exact) mass is 404 g/mol. The van der Waals surface area contributed by atoms with Gasteiger partial charge < -0.3 is 19.7 Å². The number of piperidine rings is 1. The Morgan fingerprint density at radius 3 is 2.66 bits per heavy atom. The smallest absolute Gasteiger partial charge is 0.256 e. The van der Waals surface area contributed by atoms with Gasteiger partial charge in [-0.1, -0.05) is 20.8 Å². The van der Waals surface area contributed by atoms with Crippen molar-refractivity contribution in [3.05, 3.63) is 24.3 Å².